The average Bonchev–Trinajstić information content (AvgIpc) is 2.17. The summed E-state index contributed by atoms with van der Waals surface area (Å²) in [5.41, 5.74) is 0.887. The number of quaternary nitrogens is 1. The van der Waals surface area contributed by atoms with Crippen LogP contribution in [0.4, 0.5) is 0 Å². The van der Waals surface area contributed by atoms with Crippen molar-refractivity contribution in [3.8, 4) is 0 Å². The van der Waals surface area contributed by atoms with Crippen LogP contribution < -0.4 is 0 Å². The smallest absolute Gasteiger partial charge is 0.310 e. The normalized spacial score (nSPS) is 11.2. The molecule has 0 N–H and O–H groups in total. The molecule has 88 valence electrons. The van der Waals surface area contributed by atoms with Gasteiger partial charge in [-0.15, -0.1) is 0 Å². The molecule has 1 aromatic rings. The number of carbonyl (C=O) groups excluding carboxylic acids is 1. The monoisotopic (exact) mass is 223 g/mol. The predicted molar refractivity (Wildman–Crippen MR) is 61.8 cm³/mol. The van der Waals surface area contributed by atoms with Gasteiger partial charge in [0.25, 0.3) is 0 Å². The van der Waals surface area contributed by atoms with Crippen molar-refractivity contribution in [1.82, 2.24) is 4.98 Å². The summed E-state index contributed by atoms with van der Waals surface area (Å²) in [7, 11) is 6.19. The maximum absolute atomic E-state index is 11.4. The Hall–Kier alpha value is -1.42. The molecule has 0 saturated carbocycles. The zero-order valence-corrected chi connectivity index (χ0v) is 10.1. The van der Waals surface area contributed by atoms with Gasteiger partial charge in [-0.1, -0.05) is 6.07 Å². The van der Waals surface area contributed by atoms with Gasteiger partial charge in [-0.3, -0.25) is 9.78 Å². The van der Waals surface area contributed by atoms with Gasteiger partial charge in [0.2, 0.25) is 0 Å². The molecular formula is C12H19N2O2+. The quantitative estimate of drug-likeness (QED) is 0.549. The summed E-state index contributed by atoms with van der Waals surface area (Å²) in [5, 5.41) is 0. The minimum absolute atomic E-state index is 0.193. The molecule has 0 aromatic carbocycles. The lowest BCUT2D eigenvalue weighted by Crippen LogP contribution is -2.38. The molecule has 0 bridgehead atoms. The molecule has 0 fully saturated rings. The molecule has 0 aliphatic carbocycles. The van der Waals surface area contributed by atoms with Gasteiger partial charge in [-0.05, 0) is 11.6 Å². The SMILES string of the molecule is C[N+](C)(C)CCOC(=O)Cc1cccnc1. The van der Waals surface area contributed by atoms with E-state index in [9.17, 15) is 4.79 Å². The van der Waals surface area contributed by atoms with Crippen molar-refractivity contribution in [3.63, 3.8) is 0 Å². The van der Waals surface area contributed by atoms with E-state index in [-0.39, 0.29) is 5.97 Å². The first-order valence-electron chi connectivity index (χ1n) is 5.32. The lowest BCUT2D eigenvalue weighted by Gasteiger charge is -2.23. The van der Waals surface area contributed by atoms with Gasteiger partial charge >= 0.3 is 5.97 Å². The van der Waals surface area contributed by atoms with E-state index in [0.717, 1.165) is 16.6 Å². The highest BCUT2D eigenvalue weighted by molar-refractivity contribution is 5.72. The highest BCUT2D eigenvalue weighted by atomic mass is 16.5. The first-order chi connectivity index (χ1) is 7.47. The molecule has 0 aliphatic rings. The van der Waals surface area contributed by atoms with Crippen LogP contribution in [0.2, 0.25) is 0 Å². The average molecular weight is 223 g/mol. The number of pyridine rings is 1. The summed E-state index contributed by atoms with van der Waals surface area (Å²) in [6.07, 6.45) is 3.66. The Morgan fingerprint density at radius 2 is 2.19 bits per heavy atom. The van der Waals surface area contributed by atoms with Gasteiger partial charge < -0.3 is 9.22 Å². The second kappa shape index (κ2) is 5.61. The van der Waals surface area contributed by atoms with Crippen molar-refractivity contribution in [1.29, 1.82) is 0 Å². The number of carbonyl (C=O) groups is 1. The Labute approximate surface area is 96.5 Å². The number of aromatic nitrogens is 1. The van der Waals surface area contributed by atoms with E-state index in [4.69, 9.17) is 4.74 Å². The van der Waals surface area contributed by atoms with Crippen molar-refractivity contribution in [2.24, 2.45) is 0 Å². The van der Waals surface area contributed by atoms with Crippen LogP contribution in [0.15, 0.2) is 24.5 Å². The van der Waals surface area contributed by atoms with Gasteiger partial charge in [-0.2, -0.15) is 0 Å². The Morgan fingerprint density at radius 3 is 2.75 bits per heavy atom. The molecule has 0 saturated heterocycles. The third-order valence-corrected chi connectivity index (χ3v) is 2.10. The second-order valence-electron chi connectivity index (χ2n) is 4.77. The standard InChI is InChI=1S/C12H19N2O2/c1-14(2,3)7-8-16-12(15)9-11-5-4-6-13-10-11/h4-6,10H,7-9H2,1-3H3/q+1. The Bertz CT molecular complexity index is 331. The third kappa shape index (κ3) is 5.46. The van der Waals surface area contributed by atoms with Gasteiger partial charge in [-0.25, -0.2) is 0 Å². The number of nitrogens with zero attached hydrogens (tertiary/aromatic N) is 2. The molecule has 1 rings (SSSR count). The van der Waals surface area contributed by atoms with Gasteiger partial charge in [0.05, 0.1) is 27.6 Å². The van der Waals surface area contributed by atoms with Crippen LogP contribution in [-0.4, -0.2) is 49.7 Å². The van der Waals surface area contributed by atoms with E-state index in [1.165, 1.54) is 0 Å². The summed E-state index contributed by atoms with van der Waals surface area (Å²) in [6.45, 7) is 1.28. The summed E-state index contributed by atoms with van der Waals surface area (Å²) in [4.78, 5) is 15.4. The fourth-order valence-corrected chi connectivity index (χ4v) is 1.15. The number of likely N-dealkylation sites (N-methyl/N-ethyl adjacent to an activating group) is 1. The predicted octanol–water partition coefficient (Wildman–Crippen LogP) is 0.873. The Balaban J connectivity index is 2.27. The molecule has 4 heteroatoms. The van der Waals surface area contributed by atoms with E-state index in [1.54, 1.807) is 12.4 Å². The molecule has 1 heterocycles. The molecule has 4 nitrogen and oxygen atoms in total. The second-order valence-corrected chi connectivity index (χ2v) is 4.77. The maximum Gasteiger partial charge on any atom is 0.310 e. The maximum atomic E-state index is 11.4. The minimum Gasteiger partial charge on any atom is -0.459 e. The van der Waals surface area contributed by atoms with Crippen LogP contribution in [0, 0.1) is 0 Å². The Kier molecular flexibility index (Phi) is 4.43. The number of hydrogen-bond donors (Lipinski definition) is 0. The van der Waals surface area contributed by atoms with Crippen molar-refractivity contribution in [2.45, 2.75) is 6.42 Å². The van der Waals surface area contributed by atoms with Gasteiger partial charge in [0, 0.05) is 12.4 Å². The number of esters is 1. The van der Waals surface area contributed by atoms with Crippen LogP contribution in [0.5, 0.6) is 0 Å². The third-order valence-electron chi connectivity index (χ3n) is 2.10. The summed E-state index contributed by atoms with van der Waals surface area (Å²) < 4.78 is 5.93. The molecule has 0 amide bonds. The fourth-order valence-electron chi connectivity index (χ4n) is 1.15. The zero-order valence-electron chi connectivity index (χ0n) is 10.1. The van der Waals surface area contributed by atoms with Crippen LogP contribution in [0.25, 0.3) is 0 Å². The molecular weight excluding hydrogens is 204 g/mol. The molecule has 16 heavy (non-hydrogen) atoms. The van der Waals surface area contributed by atoms with Gasteiger partial charge in [0.1, 0.15) is 13.2 Å². The summed E-state index contributed by atoms with van der Waals surface area (Å²) >= 11 is 0. The van der Waals surface area contributed by atoms with E-state index in [1.807, 2.05) is 12.1 Å². The zero-order chi connectivity index (χ0) is 12.0. The molecule has 0 unspecified atom stereocenters. The van der Waals surface area contributed by atoms with Crippen LogP contribution in [-0.2, 0) is 16.0 Å². The largest absolute Gasteiger partial charge is 0.459 e. The molecule has 0 atom stereocenters. The summed E-state index contributed by atoms with van der Waals surface area (Å²) in [5.74, 6) is -0.193. The molecule has 0 radical (unpaired) electrons. The molecule has 1 aromatic heterocycles. The van der Waals surface area contributed by atoms with Gasteiger partial charge in [0.15, 0.2) is 0 Å². The highest BCUT2D eigenvalue weighted by Gasteiger charge is 2.09. The number of ether oxygens (including phenoxy) is 1. The fraction of sp³-hybridized carbons (Fsp3) is 0.500. The topological polar surface area (TPSA) is 39.2 Å². The van der Waals surface area contributed by atoms with Crippen LogP contribution in [0.1, 0.15) is 5.56 Å². The first kappa shape index (κ1) is 12.6. The van der Waals surface area contributed by atoms with Crippen molar-refractivity contribution >= 4 is 5.97 Å². The van der Waals surface area contributed by atoms with E-state index in [0.29, 0.717) is 13.0 Å². The lowest BCUT2D eigenvalue weighted by molar-refractivity contribution is -0.870. The van der Waals surface area contributed by atoms with Crippen molar-refractivity contribution < 1.29 is 14.0 Å². The summed E-state index contributed by atoms with van der Waals surface area (Å²) in [6, 6.07) is 3.68. The van der Waals surface area contributed by atoms with E-state index >= 15 is 0 Å². The lowest BCUT2D eigenvalue weighted by atomic mass is 10.2. The van der Waals surface area contributed by atoms with Crippen LogP contribution >= 0.6 is 0 Å². The molecule has 0 aliphatic heterocycles. The number of rotatable bonds is 5. The van der Waals surface area contributed by atoms with E-state index in [2.05, 4.69) is 26.1 Å². The van der Waals surface area contributed by atoms with Crippen molar-refractivity contribution in [3.05, 3.63) is 30.1 Å². The molecule has 0 spiro atoms. The first-order valence-corrected chi connectivity index (χ1v) is 5.32. The van der Waals surface area contributed by atoms with Crippen LogP contribution in [0.3, 0.4) is 0 Å². The number of hydrogen-bond acceptors (Lipinski definition) is 3. The van der Waals surface area contributed by atoms with E-state index < -0.39 is 0 Å². The Morgan fingerprint density at radius 1 is 1.44 bits per heavy atom. The highest BCUT2D eigenvalue weighted by Crippen LogP contribution is 1.99. The van der Waals surface area contributed by atoms with Crippen molar-refractivity contribution in [2.75, 3.05) is 34.3 Å². The minimum atomic E-state index is -0.193.